The molecule has 0 aliphatic carbocycles. The van der Waals surface area contributed by atoms with Crippen molar-refractivity contribution in [3.63, 3.8) is 0 Å². The van der Waals surface area contributed by atoms with Gasteiger partial charge in [0.05, 0.1) is 18.4 Å². The van der Waals surface area contributed by atoms with Gasteiger partial charge in [0.15, 0.2) is 5.65 Å². The summed E-state index contributed by atoms with van der Waals surface area (Å²) in [6, 6.07) is 15.4. The number of aromatic nitrogens is 4. The molecule has 1 aromatic carbocycles. The standard InChI is InChI=1S/C25H25N5O2/c1-5-19-16-27-30-22(14-21(28-23(19)30)20-11-7-6-8-12-20)29(24(31)32-25(2,3)4)17-18-10-9-13-26-15-18/h5-16H,1,17H2,2-4H3. The fourth-order valence-electron chi connectivity index (χ4n) is 3.29. The van der Waals surface area contributed by atoms with Crippen molar-refractivity contribution in [3.05, 3.63) is 84.8 Å². The lowest BCUT2D eigenvalue weighted by molar-refractivity contribution is 0.0575. The summed E-state index contributed by atoms with van der Waals surface area (Å²) in [5, 5.41) is 4.48. The molecule has 0 radical (unpaired) electrons. The minimum absolute atomic E-state index is 0.263. The number of pyridine rings is 1. The molecule has 0 fully saturated rings. The molecule has 3 aromatic heterocycles. The Balaban J connectivity index is 1.91. The number of nitrogens with zero attached hydrogens (tertiary/aromatic N) is 5. The van der Waals surface area contributed by atoms with E-state index in [1.165, 1.54) is 0 Å². The molecule has 0 saturated heterocycles. The molecule has 0 aliphatic heterocycles. The Bertz CT molecular complexity index is 1240. The van der Waals surface area contributed by atoms with Gasteiger partial charge in [0, 0.05) is 29.6 Å². The number of carbonyl (C=O) groups is 1. The second kappa shape index (κ2) is 8.63. The van der Waals surface area contributed by atoms with E-state index in [9.17, 15) is 4.79 Å². The lowest BCUT2D eigenvalue weighted by Gasteiger charge is -2.28. The maximum Gasteiger partial charge on any atom is 0.416 e. The lowest BCUT2D eigenvalue weighted by atomic mass is 10.1. The van der Waals surface area contributed by atoms with Gasteiger partial charge < -0.3 is 4.74 Å². The molecule has 0 bridgehead atoms. The second-order valence-corrected chi connectivity index (χ2v) is 8.33. The molecular weight excluding hydrogens is 402 g/mol. The maximum atomic E-state index is 13.3. The summed E-state index contributed by atoms with van der Waals surface area (Å²) in [6.45, 7) is 9.66. The minimum atomic E-state index is -0.658. The largest absolute Gasteiger partial charge is 0.443 e. The molecule has 162 valence electrons. The summed E-state index contributed by atoms with van der Waals surface area (Å²) in [6.07, 6.45) is 6.33. The van der Waals surface area contributed by atoms with E-state index in [4.69, 9.17) is 9.72 Å². The fourth-order valence-corrected chi connectivity index (χ4v) is 3.29. The third kappa shape index (κ3) is 4.51. The number of ether oxygens (including phenoxy) is 1. The quantitative estimate of drug-likeness (QED) is 0.428. The molecule has 0 unspecified atom stereocenters. The summed E-state index contributed by atoms with van der Waals surface area (Å²) < 4.78 is 7.38. The summed E-state index contributed by atoms with van der Waals surface area (Å²) in [5.41, 5.74) is 3.23. The van der Waals surface area contributed by atoms with Crippen LogP contribution in [0, 0.1) is 0 Å². The number of hydrogen-bond donors (Lipinski definition) is 0. The van der Waals surface area contributed by atoms with E-state index in [-0.39, 0.29) is 6.54 Å². The van der Waals surface area contributed by atoms with Gasteiger partial charge in [-0.15, -0.1) is 0 Å². The second-order valence-electron chi connectivity index (χ2n) is 8.33. The molecule has 7 nitrogen and oxygen atoms in total. The van der Waals surface area contributed by atoms with Gasteiger partial charge in [-0.3, -0.25) is 9.88 Å². The first-order chi connectivity index (χ1) is 15.4. The molecule has 3 heterocycles. The summed E-state index contributed by atoms with van der Waals surface area (Å²) >= 11 is 0. The Morgan fingerprint density at radius 2 is 1.94 bits per heavy atom. The zero-order chi connectivity index (χ0) is 22.7. The van der Waals surface area contributed by atoms with Crippen molar-refractivity contribution in [3.8, 4) is 11.3 Å². The molecule has 0 saturated carbocycles. The van der Waals surface area contributed by atoms with Crippen LogP contribution in [0.25, 0.3) is 23.0 Å². The number of amides is 1. The van der Waals surface area contributed by atoms with Crippen LogP contribution < -0.4 is 4.90 Å². The van der Waals surface area contributed by atoms with Crippen LogP contribution in [0.2, 0.25) is 0 Å². The molecule has 4 aromatic rings. The van der Waals surface area contributed by atoms with Crippen molar-refractivity contribution in [1.82, 2.24) is 19.6 Å². The molecule has 0 atom stereocenters. The van der Waals surface area contributed by atoms with Crippen molar-refractivity contribution in [1.29, 1.82) is 0 Å². The Labute approximate surface area is 187 Å². The predicted octanol–water partition coefficient (Wildman–Crippen LogP) is 5.38. The van der Waals surface area contributed by atoms with Crippen molar-refractivity contribution in [2.24, 2.45) is 0 Å². The normalized spacial score (nSPS) is 11.3. The molecule has 0 N–H and O–H groups in total. The van der Waals surface area contributed by atoms with Crippen LogP contribution >= 0.6 is 0 Å². The Morgan fingerprint density at radius 3 is 2.59 bits per heavy atom. The van der Waals surface area contributed by atoms with Crippen LogP contribution in [-0.2, 0) is 11.3 Å². The van der Waals surface area contributed by atoms with E-state index in [0.29, 0.717) is 11.5 Å². The average molecular weight is 428 g/mol. The van der Waals surface area contributed by atoms with Crippen LogP contribution in [0.3, 0.4) is 0 Å². The van der Waals surface area contributed by atoms with Gasteiger partial charge in [0.2, 0.25) is 0 Å². The van der Waals surface area contributed by atoms with E-state index in [0.717, 1.165) is 22.4 Å². The molecule has 7 heteroatoms. The number of rotatable bonds is 5. The zero-order valence-electron chi connectivity index (χ0n) is 18.4. The highest BCUT2D eigenvalue weighted by atomic mass is 16.6. The fraction of sp³-hybridized carbons (Fsp3) is 0.200. The summed E-state index contributed by atoms with van der Waals surface area (Å²) in [5.74, 6) is 0.542. The minimum Gasteiger partial charge on any atom is -0.443 e. The topological polar surface area (TPSA) is 72.6 Å². The van der Waals surface area contributed by atoms with Crippen molar-refractivity contribution in [2.45, 2.75) is 32.9 Å². The van der Waals surface area contributed by atoms with Gasteiger partial charge in [-0.25, -0.2) is 9.78 Å². The predicted molar refractivity (Wildman–Crippen MR) is 125 cm³/mol. The van der Waals surface area contributed by atoms with Gasteiger partial charge in [-0.05, 0) is 32.4 Å². The van der Waals surface area contributed by atoms with Gasteiger partial charge in [0.25, 0.3) is 0 Å². The Hall–Kier alpha value is -4.00. The number of hydrogen-bond acceptors (Lipinski definition) is 5. The zero-order valence-corrected chi connectivity index (χ0v) is 18.4. The van der Waals surface area contributed by atoms with Crippen LogP contribution in [-0.4, -0.2) is 31.3 Å². The van der Waals surface area contributed by atoms with E-state index in [1.807, 2.05) is 69.3 Å². The molecule has 4 rings (SSSR count). The highest BCUT2D eigenvalue weighted by Crippen LogP contribution is 2.28. The monoisotopic (exact) mass is 427 g/mol. The summed E-state index contributed by atoms with van der Waals surface area (Å²) in [4.78, 5) is 23.9. The maximum absolute atomic E-state index is 13.3. The van der Waals surface area contributed by atoms with Crippen molar-refractivity contribution < 1.29 is 9.53 Å². The van der Waals surface area contributed by atoms with E-state index in [1.54, 1.807) is 34.1 Å². The average Bonchev–Trinajstić information content (AvgIpc) is 3.20. The van der Waals surface area contributed by atoms with Gasteiger partial charge in [-0.1, -0.05) is 49.1 Å². The van der Waals surface area contributed by atoms with Crippen LogP contribution in [0.5, 0.6) is 0 Å². The van der Waals surface area contributed by atoms with Crippen molar-refractivity contribution in [2.75, 3.05) is 4.90 Å². The number of carbonyl (C=O) groups excluding carboxylic acids is 1. The molecule has 1 amide bonds. The first-order valence-corrected chi connectivity index (χ1v) is 10.3. The van der Waals surface area contributed by atoms with E-state index < -0.39 is 11.7 Å². The van der Waals surface area contributed by atoms with E-state index in [2.05, 4.69) is 16.7 Å². The highest BCUT2D eigenvalue weighted by molar-refractivity contribution is 5.88. The third-order valence-electron chi connectivity index (χ3n) is 4.72. The van der Waals surface area contributed by atoms with Crippen LogP contribution in [0.1, 0.15) is 31.9 Å². The Kier molecular flexibility index (Phi) is 5.73. The van der Waals surface area contributed by atoms with Crippen molar-refractivity contribution >= 4 is 23.6 Å². The number of benzene rings is 1. The summed E-state index contributed by atoms with van der Waals surface area (Å²) in [7, 11) is 0. The lowest BCUT2D eigenvalue weighted by Crippen LogP contribution is -2.37. The molecule has 32 heavy (non-hydrogen) atoms. The SMILES string of the molecule is C=Cc1cnn2c(N(Cc3cccnc3)C(=O)OC(C)(C)C)cc(-c3ccccc3)nc12. The van der Waals surface area contributed by atoms with Gasteiger partial charge >= 0.3 is 6.09 Å². The van der Waals surface area contributed by atoms with Crippen LogP contribution in [0.15, 0.2) is 73.7 Å². The molecular formula is C25H25N5O2. The van der Waals surface area contributed by atoms with Gasteiger partial charge in [-0.2, -0.15) is 9.61 Å². The first kappa shape index (κ1) is 21.2. The van der Waals surface area contributed by atoms with E-state index >= 15 is 0 Å². The number of anilines is 1. The van der Waals surface area contributed by atoms with Gasteiger partial charge in [0.1, 0.15) is 11.4 Å². The Morgan fingerprint density at radius 1 is 1.16 bits per heavy atom. The highest BCUT2D eigenvalue weighted by Gasteiger charge is 2.27. The molecule has 0 aliphatic rings. The third-order valence-corrected chi connectivity index (χ3v) is 4.72. The molecule has 0 spiro atoms. The van der Waals surface area contributed by atoms with Crippen LogP contribution in [0.4, 0.5) is 10.6 Å². The first-order valence-electron chi connectivity index (χ1n) is 10.3. The number of fused-ring (bicyclic) bond motifs is 1. The smallest absolute Gasteiger partial charge is 0.416 e.